The predicted octanol–water partition coefficient (Wildman–Crippen LogP) is 2.87. The van der Waals surface area contributed by atoms with Crippen molar-refractivity contribution in [3.8, 4) is 17.2 Å². The van der Waals surface area contributed by atoms with E-state index in [-0.39, 0.29) is 11.8 Å². The Morgan fingerprint density at radius 1 is 0.867 bits per heavy atom. The number of rotatable bonds is 7. The van der Waals surface area contributed by atoms with E-state index in [1.807, 2.05) is 0 Å². The van der Waals surface area contributed by atoms with Crippen LogP contribution in [0.5, 0.6) is 17.2 Å². The summed E-state index contributed by atoms with van der Waals surface area (Å²) in [5, 5.41) is 0. The van der Waals surface area contributed by atoms with Gasteiger partial charge in [0.1, 0.15) is 12.4 Å². The Hall–Kier alpha value is -3.48. The second-order valence-electron chi connectivity index (χ2n) is 6.78. The van der Waals surface area contributed by atoms with Gasteiger partial charge in [-0.2, -0.15) is 0 Å². The lowest BCUT2D eigenvalue weighted by molar-refractivity contribution is 0.0535. The third-order valence-electron chi connectivity index (χ3n) is 4.96. The molecule has 2 aromatic rings. The van der Waals surface area contributed by atoms with Crippen molar-refractivity contribution in [1.29, 1.82) is 0 Å². The molecule has 2 aromatic carbocycles. The van der Waals surface area contributed by atoms with Gasteiger partial charge in [-0.25, -0.2) is 0 Å². The monoisotopic (exact) mass is 410 g/mol. The highest BCUT2D eigenvalue weighted by atomic mass is 16.5. The molecule has 0 saturated carbocycles. The van der Waals surface area contributed by atoms with Gasteiger partial charge in [-0.05, 0) is 42.5 Å². The van der Waals surface area contributed by atoms with Crippen LogP contribution in [-0.4, -0.2) is 68.6 Å². The van der Waals surface area contributed by atoms with Gasteiger partial charge in [0.2, 0.25) is 0 Å². The smallest absolute Gasteiger partial charge is 0.254 e. The van der Waals surface area contributed by atoms with Crippen LogP contribution >= 0.6 is 0 Å². The second-order valence-corrected chi connectivity index (χ2v) is 6.78. The molecule has 1 fully saturated rings. The number of nitrogens with zero attached hydrogens (tertiary/aromatic N) is 2. The maximum atomic E-state index is 12.9. The molecule has 2 amide bonds. The molecule has 1 heterocycles. The van der Waals surface area contributed by atoms with E-state index < -0.39 is 0 Å². The number of carbonyl (C=O) groups is 2. The molecule has 30 heavy (non-hydrogen) atoms. The lowest BCUT2D eigenvalue weighted by Crippen LogP contribution is -2.50. The molecule has 7 nitrogen and oxygen atoms in total. The lowest BCUT2D eigenvalue weighted by atomic mass is 10.1. The first kappa shape index (κ1) is 21.2. The van der Waals surface area contributed by atoms with E-state index in [9.17, 15) is 9.59 Å². The Labute approximate surface area is 176 Å². The van der Waals surface area contributed by atoms with Crippen molar-refractivity contribution in [2.45, 2.75) is 0 Å². The van der Waals surface area contributed by atoms with Crippen molar-refractivity contribution >= 4 is 11.8 Å². The van der Waals surface area contributed by atoms with E-state index in [0.29, 0.717) is 61.2 Å². The molecule has 3 rings (SSSR count). The average Bonchev–Trinajstić information content (AvgIpc) is 2.81. The zero-order valence-corrected chi connectivity index (χ0v) is 17.3. The first-order chi connectivity index (χ1) is 14.6. The van der Waals surface area contributed by atoms with Gasteiger partial charge in [-0.15, -0.1) is 0 Å². The lowest BCUT2D eigenvalue weighted by Gasteiger charge is -2.35. The van der Waals surface area contributed by atoms with E-state index in [0.717, 1.165) is 0 Å². The van der Waals surface area contributed by atoms with Crippen molar-refractivity contribution in [2.24, 2.45) is 0 Å². The normalized spacial score (nSPS) is 13.5. The first-order valence-electron chi connectivity index (χ1n) is 9.71. The first-order valence-corrected chi connectivity index (χ1v) is 9.71. The topological polar surface area (TPSA) is 68.3 Å². The van der Waals surface area contributed by atoms with Crippen LogP contribution in [0.2, 0.25) is 0 Å². The molecule has 158 valence electrons. The highest BCUT2D eigenvalue weighted by Crippen LogP contribution is 2.28. The Kier molecular flexibility index (Phi) is 6.95. The van der Waals surface area contributed by atoms with Crippen LogP contribution in [0.4, 0.5) is 0 Å². The summed E-state index contributed by atoms with van der Waals surface area (Å²) in [6.45, 7) is 5.88. The number of hydrogen-bond donors (Lipinski definition) is 0. The molecule has 1 aliphatic heterocycles. The van der Waals surface area contributed by atoms with E-state index >= 15 is 0 Å². The van der Waals surface area contributed by atoms with Gasteiger partial charge in [0.15, 0.2) is 11.5 Å². The van der Waals surface area contributed by atoms with Gasteiger partial charge in [0.05, 0.1) is 14.2 Å². The average molecular weight is 410 g/mol. The molecular weight excluding hydrogens is 384 g/mol. The van der Waals surface area contributed by atoms with Gasteiger partial charge in [0, 0.05) is 37.3 Å². The van der Waals surface area contributed by atoms with E-state index in [4.69, 9.17) is 14.2 Å². The maximum Gasteiger partial charge on any atom is 0.254 e. The summed E-state index contributed by atoms with van der Waals surface area (Å²) in [6.07, 6.45) is 1.64. The zero-order valence-electron chi connectivity index (χ0n) is 17.3. The number of amides is 2. The number of piperazine rings is 1. The molecule has 0 bridgehead atoms. The van der Waals surface area contributed by atoms with E-state index in [2.05, 4.69) is 6.58 Å². The fourth-order valence-electron chi connectivity index (χ4n) is 3.28. The fraction of sp³-hybridized carbons (Fsp3) is 0.304. The molecule has 0 aliphatic carbocycles. The number of hydrogen-bond acceptors (Lipinski definition) is 5. The van der Waals surface area contributed by atoms with Crippen LogP contribution in [0, 0.1) is 0 Å². The molecule has 0 aromatic heterocycles. The van der Waals surface area contributed by atoms with Crippen molar-refractivity contribution in [1.82, 2.24) is 9.80 Å². The van der Waals surface area contributed by atoms with E-state index in [1.54, 1.807) is 65.5 Å². The van der Waals surface area contributed by atoms with Crippen LogP contribution in [0.1, 0.15) is 20.7 Å². The van der Waals surface area contributed by atoms with Gasteiger partial charge >= 0.3 is 0 Å². The zero-order chi connectivity index (χ0) is 21.5. The van der Waals surface area contributed by atoms with Gasteiger partial charge in [-0.3, -0.25) is 9.59 Å². The standard InChI is InChI=1S/C23H26N2O5/c1-4-15-30-20-10-7-18(16-21(20)29-3)23(27)25-13-11-24(12-14-25)22(26)17-5-8-19(28-2)9-6-17/h4-10,16H,1,11-15H2,2-3H3. The largest absolute Gasteiger partial charge is 0.497 e. The van der Waals surface area contributed by atoms with Crippen LogP contribution in [-0.2, 0) is 0 Å². The van der Waals surface area contributed by atoms with Crippen molar-refractivity contribution in [3.63, 3.8) is 0 Å². The van der Waals surface area contributed by atoms with Gasteiger partial charge in [-0.1, -0.05) is 12.7 Å². The van der Waals surface area contributed by atoms with Crippen molar-refractivity contribution < 1.29 is 23.8 Å². The summed E-state index contributed by atoms with van der Waals surface area (Å²) in [6, 6.07) is 12.2. The predicted molar refractivity (Wildman–Crippen MR) is 113 cm³/mol. The second kappa shape index (κ2) is 9.82. The summed E-state index contributed by atoms with van der Waals surface area (Å²) in [7, 11) is 3.12. The Morgan fingerprint density at radius 2 is 1.43 bits per heavy atom. The molecule has 0 radical (unpaired) electrons. The number of ether oxygens (including phenoxy) is 3. The minimum absolute atomic E-state index is 0.0462. The van der Waals surface area contributed by atoms with Crippen LogP contribution in [0.15, 0.2) is 55.1 Å². The maximum absolute atomic E-state index is 12.9. The molecule has 0 atom stereocenters. The summed E-state index contributed by atoms with van der Waals surface area (Å²) in [5.74, 6) is 1.62. The Bertz CT molecular complexity index is 902. The molecule has 1 aliphatic rings. The number of benzene rings is 2. The third kappa shape index (κ3) is 4.74. The Balaban J connectivity index is 1.62. The van der Waals surface area contributed by atoms with Crippen LogP contribution in [0.25, 0.3) is 0 Å². The fourth-order valence-corrected chi connectivity index (χ4v) is 3.28. The summed E-state index contributed by atoms with van der Waals surface area (Å²) in [4.78, 5) is 29.1. The molecule has 0 spiro atoms. The highest BCUT2D eigenvalue weighted by molar-refractivity contribution is 5.96. The molecule has 7 heteroatoms. The number of methoxy groups -OCH3 is 2. The van der Waals surface area contributed by atoms with Crippen molar-refractivity contribution in [2.75, 3.05) is 47.0 Å². The van der Waals surface area contributed by atoms with Gasteiger partial charge in [0.25, 0.3) is 11.8 Å². The SMILES string of the molecule is C=CCOc1ccc(C(=O)N2CCN(C(=O)c3ccc(OC)cc3)CC2)cc1OC. The molecule has 0 unspecified atom stereocenters. The third-order valence-corrected chi connectivity index (χ3v) is 4.96. The summed E-state index contributed by atoms with van der Waals surface area (Å²) >= 11 is 0. The molecular formula is C23H26N2O5. The molecule has 1 saturated heterocycles. The number of carbonyl (C=O) groups excluding carboxylic acids is 2. The minimum Gasteiger partial charge on any atom is -0.497 e. The van der Waals surface area contributed by atoms with Gasteiger partial charge < -0.3 is 24.0 Å². The Morgan fingerprint density at radius 3 is 1.97 bits per heavy atom. The summed E-state index contributed by atoms with van der Waals surface area (Å²) < 4.78 is 16.0. The van der Waals surface area contributed by atoms with Crippen LogP contribution < -0.4 is 14.2 Å². The highest BCUT2D eigenvalue weighted by Gasteiger charge is 2.26. The van der Waals surface area contributed by atoms with E-state index in [1.165, 1.54) is 7.11 Å². The van der Waals surface area contributed by atoms with Crippen LogP contribution in [0.3, 0.4) is 0 Å². The summed E-state index contributed by atoms with van der Waals surface area (Å²) in [5.41, 5.74) is 1.13. The van der Waals surface area contributed by atoms with Crippen molar-refractivity contribution in [3.05, 3.63) is 66.2 Å². The quantitative estimate of drug-likeness (QED) is 0.657. The molecule has 0 N–H and O–H groups in total. The minimum atomic E-state index is -0.0971.